The van der Waals surface area contributed by atoms with Crippen LogP contribution in [0.15, 0.2) is 71.5 Å². The van der Waals surface area contributed by atoms with Crippen molar-refractivity contribution in [2.75, 3.05) is 0 Å². The van der Waals surface area contributed by atoms with Crippen molar-refractivity contribution in [3.8, 4) is 11.3 Å². The Morgan fingerprint density at radius 1 is 0.783 bits per heavy atom. The molecule has 0 saturated carbocycles. The third-order valence-electron chi connectivity index (χ3n) is 4.03. The molecule has 0 aliphatic rings. The Balaban J connectivity index is 1.84. The second-order valence-corrected chi connectivity index (χ2v) is 5.40. The SMILES string of the molecule is c1cnc2c(-c3ccc4oc5cnccc5c4n3)cccc2c1. The van der Waals surface area contributed by atoms with Crippen molar-refractivity contribution in [1.82, 2.24) is 15.0 Å². The van der Waals surface area contributed by atoms with Gasteiger partial charge in [-0.2, -0.15) is 0 Å². The van der Waals surface area contributed by atoms with Gasteiger partial charge in [0.15, 0.2) is 11.2 Å². The lowest BCUT2D eigenvalue weighted by Gasteiger charge is -2.05. The lowest BCUT2D eigenvalue weighted by Crippen LogP contribution is -1.87. The fraction of sp³-hybridized carbons (Fsp3) is 0. The molecular formula is C19H11N3O. The van der Waals surface area contributed by atoms with E-state index in [1.54, 1.807) is 12.4 Å². The summed E-state index contributed by atoms with van der Waals surface area (Å²) in [6.45, 7) is 0. The number of para-hydroxylation sites is 1. The third kappa shape index (κ3) is 1.82. The summed E-state index contributed by atoms with van der Waals surface area (Å²) in [6.07, 6.45) is 5.28. The molecule has 0 aliphatic heterocycles. The minimum Gasteiger partial charge on any atom is -0.453 e. The first kappa shape index (κ1) is 12.3. The molecular weight excluding hydrogens is 286 g/mol. The zero-order valence-electron chi connectivity index (χ0n) is 12.1. The maximum Gasteiger partial charge on any atom is 0.155 e. The van der Waals surface area contributed by atoms with Crippen molar-refractivity contribution in [2.45, 2.75) is 0 Å². The number of rotatable bonds is 1. The van der Waals surface area contributed by atoms with Crippen LogP contribution >= 0.6 is 0 Å². The van der Waals surface area contributed by atoms with Gasteiger partial charge in [0.1, 0.15) is 5.52 Å². The number of hydrogen-bond donors (Lipinski definition) is 0. The van der Waals surface area contributed by atoms with E-state index in [0.717, 1.165) is 44.2 Å². The van der Waals surface area contributed by atoms with Crippen LogP contribution in [0.3, 0.4) is 0 Å². The van der Waals surface area contributed by atoms with Crippen LogP contribution in [0.5, 0.6) is 0 Å². The molecule has 0 saturated heterocycles. The van der Waals surface area contributed by atoms with E-state index in [1.807, 2.05) is 42.6 Å². The van der Waals surface area contributed by atoms with Crippen molar-refractivity contribution >= 4 is 33.0 Å². The van der Waals surface area contributed by atoms with E-state index in [2.05, 4.69) is 22.1 Å². The topological polar surface area (TPSA) is 51.8 Å². The van der Waals surface area contributed by atoms with E-state index in [-0.39, 0.29) is 0 Å². The average molecular weight is 297 g/mol. The fourth-order valence-electron chi connectivity index (χ4n) is 2.96. The standard InChI is InChI=1S/C19H11N3O/c1-3-12-4-2-9-21-18(12)13(5-1)15-6-7-16-19(22-15)14-8-10-20-11-17(14)23-16/h1-11H. The molecule has 0 unspecified atom stereocenters. The lowest BCUT2D eigenvalue weighted by atomic mass is 10.1. The zero-order chi connectivity index (χ0) is 15.2. The van der Waals surface area contributed by atoms with Crippen LogP contribution < -0.4 is 0 Å². The minimum absolute atomic E-state index is 0.753. The number of hydrogen-bond acceptors (Lipinski definition) is 4. The van der Waals surface area contributed by atoms with E-state index >= 15 is 0 Å². The molecule has 4 nitrogen and oxygen atoms in total. The highest BCUT2D eigenvalue weighted by molar-refractivity contribution is 6.03. The molecule has 1 aromatic carbocycles. The number of fused-ring (bicyclic) bond motifs is 4. The lowest BCUT2D eigenvalue weighted by molar-refractivity contribution is 0.666. The van der Waals surface area contributed by atoms with E-state index in [4.69, 9.17) is 9.40 Å². The van der Waals surface area contributed by atoms with Crippen molar-refractivity contribution in [2.24, 2.45) is 0 Å². The van der Waals surface area contributed by atoms with Gasteiger partial charge in [-0.15, -0.1) is 0 Å². The first-order valence-corrected chi connectivity index (χ1v) is 7.37. The van der Waals surface area contributed by atoms with Gasteiger partial charge >= 0.3 is 0 Å². The predicted molar refractivity (Wildman–Crippen MR) is 90.0 cm³/mol. The van der Waals surface area contributed by atoms with Gasteiger partial charge < -0.3 is 4.42 Å². The van der Waals surface area contributed by atoms with Crippen LogP contribution in [0.4, 0.5) is 0 Å². The highest BCUT2D eigenvalue weighted by atomic mass is 16.3. The fourth-order valence-corrected chi connectivity index (χ4v) is 2.96. The molecule has 4 heterocycles. The molecule has 0 bridgehead atoms. The van der Waals surface area contributed by atoms with Crippen LogP contribution in [0, 0.1) is 0 Å². The summed E-state index contributed by atoms with van der Waals surface area (Å²) in [4.78, 5) is 13.4. The summed E-state index contributed by atoms with van der Waals surface area (Å²) < 4.78 is 5.79. The zero-order valence-corrected chi connectivity index (χ0v) is 12.1. The Kier molecular flexibility index (Phi) is 2.46. The van der Waals surface area contributed by atoms with Gasteiger partial charge in [0, 0.05) is 28.7 Å². The van der Waals surface area contributed by atoms with Gasteiger partial charge in [-0.3, -0.25) is 9.97 Å². The molecule has 108 valence electrons. The molecule has 0 N–H and O–H groups in total. The normalized spacial score (nSPS) is 11.5. The second kappa shape index (κ2) is 4.61. The molecule has 0 amide bonds. The molecule has 4 heteroatoms. The van der Waals surface area contributed by atoms with Crippen molar-refractivity contribution in [1.29, 1.82) is 0 Å². The summed E-state index contributed by atoms with van der Waals surface area (Å²) in [5.41, 5.74) is 5.24. The quantitative estimate of drug-likeness (QED) is 0.454. The number of aromatic nitrogens is 3. The average Bonchev–Trinajstić information content (AvgIpc) is 2.99. The van der Waals surface area contributed by atoms with Gasteiger partial charge in [0.05, 0.1) is 17.4 Å². The van der Waals surface area contributed by atoms with Crippen LogP contribution in [-0.4, -0.2) is 15.0 Å². The Labute approximate surface area is 131 Å². The first-order chi connectivity index (χ1) is 11.4. The smallest absolute Gasteiger partial charge is 0.155 e. The summed E-state index contributed by atoms with van der Waals surface area (Å²) in [6, 6.07) is 16.0. The molecule has 0 fully saturated rings. The highest BCUT2D eigenvalue weighted by Gasteiger charge is 2.11. The minimum atomic E-state index is 0.753. The predicted octanol–water partition coefficient (Wildman–Crippen LogP) is 4.59. The summed E-state index contributed by atoms with van der Waals surface area (Å²) in [5.74, 6) is 0. The Bertz CT molecular complexity index is 1170. The van der Waals surface area contributed by atoms with Gasteiger partial charge in [0.2, 0.25) is 0 Å². The summed E-state index contributed by atoms with van der Waals surface area (Å²) >= 11 is 0. The molecule has 0 radical (unpaired) electrons. The van der Waals surface area contributed by atoms with Gasteiger partial charge in [0.25, 0.3) is 0 Å². The van der Waals surface area contributed by atoms with Crippen LogP contribution in [-0.2, 0) is 0 Å². The Hall–Kier alpha value is -3.27. The van der Waals surface area contributed by atoms with Crippen molar-refractivity contribution in [3.63, 3.8) is 0 Å². The maximum absolute atomic E-state index is 5.79. The van der Waals surface area contributed by atoms with E-state index in [9.17, 15) is 0 Å². The molecule has 5 rings (SSSR count). The van der Waals surface area contributed by atoms with Gasteiger partial charge in [-0.1, -0.05) is 24.3 Å². The largest absolute Gasteiger partial charge is 0.453 e. The van der Waals surface area contributed by atoms with E-state index < -0.39 is 0 Å². The maximum atomic E-state index is 5.79. The molecule has 0 atom stereocenters. The molecule has 23 heavy (non-hydrogen) atoms. The van der Waals surface area contributed by atoms with Crippen LogP contribution in [0.1, 0.15) is 0 Å². The number of nitrogens with zero attached hydrogens (tertiary/aromatic N) is 3. The Morgan fingerprint density at radius 3 is 2.74 bits per heavy atom. The summed E-state index contributed by atoms with van der Waals surface area (Å²) in [7, 11) is 0. The number of pyridine rings is 3. The first-order valence-electron chi connectivity index (χ1n) is 7.37. The Morgan fingerprint density at radius 2 is 1.74 bits per heavy atom. The van der Waals surface area contributed by atoms with Crippen LogP contribution in [0.25, 0.3) is 44.2 Å². The number of benzene rings is 1. The van der Waals surface area contributed by atoms with Crippen LogP contribution in [0.2, 0.25) is 0 Å². The van der Waals surface area contributed by atoms with E-state index in [0.29, 0.717) is 0 Å². The van der Waals surface area contributed by atoms with E-state index in [1.165, 1.54) is 0 Å². The van der Waals surface area contributed by atoms with Crippen molar-refractivity contribution in [3.05, 3.63) is 67.1 Å². The highest BCUT2D eigenvalue weighted by Crippen LogP contribution is 2.31. The molecule has 4 aromatic heterocycles. The van der Waals surface area contributed by atoms with Gasteiger partial charge in [-0.05, 0) is 24.3 Å². The number of furan rings is 1. The summed E-state index contributed by atoms with van der Waals surface area (Å²) in [5, 5.41) is 2.08. The second-order valence-electron chi connectivity index (χ2n) is 5.40. The van der Waals surface area contributed by atoms with Crippen molar-refractivity contribution < 1.29 is 4.42 Å². The molecule has 5 aromatic rings. The monoisotopic (exact) mass is 297 g/mol. The molecule has 0 spiro atoms. The third-order valence-corrected chi connectivity index (χ3v) is 4.03. The molecule has 0 aliphatic carbocycles. The van der Waals surface area contributed by atoms with Gasteiger partial charge in [-0.25, -0.2) is 4.98 Å².